The fourth-order valence-corrected chi connectivity index (χ4v) is 2.34. The lowest BCUT2D eigenvalue weighted by molar-refractivity contribution is -0.137. The van der Waals surface area contributed by atoms with Crippen molar-refractivity contribution in [1.29, 1.82) is 0 Å². The molecule has 18 heavy (non-hydrogen) atoms. The molecule has 2 rings (SSSR count). The van der Waals surface area contributed by atoms with Gasteiger partial charge in [0.15, 0.2) is 0 Å². The summed E-state index contributed by atoms with van der Waals surface area (Å²) in [6.45, 7) is 0.376. The second-order valence-corrected chi connectivity index (χ2v) is 4.45. The van der Waals surface area contributed by atoms with E-state index in [1.54, 1.807) is 24.0 Å². The molecule has 0 saturated heterocycles. The zero-order chi connectivity index (χ0) is 13.0. The fraction of sp³-hybridized carbons (Fsp3) is 0.273. The Morgan fingerprint density at radius 2 is 2.28 bits per heavy atom. The van der Waals surface area contributed by atoms with E-state index in [-0.39, 0.29) is 11.3 Å². The van der Waals surface area contributed by atoms with Gasteiger partial charge in [-0.15, -0.1) is 0 Å². The maximum Gasteiger partial charge on any atom is 0.307 e. The van der Waals surface area contributed by atoms with Crippen molar-refractivity contribution in [2.75, 3.05) is 0 Å². The molecule has 0 unspecified atom stereocenters. The molecule has 0 aromatic carbocycles. The Morgan fingerprint density at radius 1 is 1.44 bits per heavy atom. The second-order valence-electron chi connectivity index (χ2n) is 3.63. The molecule has 2 aromatic rings. The number of aromatic nitrogens is 3. The Bertz CT molecular complexity index is 591. The van der Waals surface area contributed by atoms with Crippen molar-refractivity contribution in [1.82, 2.24) is 14.5 Å². The van der Waals surface area contributed by atoms with Crippen LogP contribution in [0.2, 0.25) is 0 Å². The summed E-state index contributed by atoms with van der Waals surface area (Å²) in [7, 11) is 0. The van der Waals surface area contributed by atoms with Crippen molar-refractivity contribution in [2.24, 2.45) is 0 Å². The number of hydrogen-bond donors (Lipinski definition) is 1. The first-order valence-electron chi connectivity index (χ1n) is 5.35. The smallest absolute Gasteiger partial charge is 0.307 e. The zero-order valence-corrected chi connectivity index (χ0v) is 10.3. The number of carbonyl (C=O) groups is 1. The Morgan fingerprint density at radius 3 is 2.94 bits per heavy atom. The monoisotopic (exact) mass is 265 g/mol. The molecule has 6 nitrogen and oxygen atoms in total. The molecule has 0 radical (unpaired) electrons. The molecule has 94 valence electrons. The number of carboxylic acids is 1. The van der Waals surface area contributed by atoms with Gasteiger partial charge in [0.1, 0.15) is 5.69 Å². The van der Waals surface area contributed by atoms with E-state index >= 15 is 0 Å². The third-order valence-corrected chi connectivity index (χ3v) is 3.14. The average molecular weight is 265 g/mol. The van der Waals surface area contributed by atoms with Gasteiger partial charge in [-0.05, 0) is 6.42 Å². The maximum atomic E-state index is 11.7. The molecule has 7 heteroatoms. The molecule has 0 spiro atoms. The third-order valence-electron chi connectivity index (χ3n) is 2.38. The van der Waals surface area contributed by atoms with Crippen molar-refractivity contribution in [3.8, 4) is 11.4 Å². The van der Waals surface area contributed by atoms with Crippen LogP contribution in [0.25, 0.3) is 11.4 Å². The highest BCUT2D eigenvalue weighted by Gasteiger charge is 2.10. The number of rotatable bonds is 5. The molecule has 0 aliphatic heterocycles. The number of carboxylic acid groups (broad SMARTS) is 1. The van der Waals surface area contributed by atoms with Crippen LogP contribution in [0.3, 0.4) is 0 Å². The number of aliphatic carboxylic acids is 1. The topological polar surface area (TPSA) is 85.1 Å². The van der Waals surface area contributed by atoms with Gasteiger partial charge in [-0.25, -0.2) is 0 Å². The summed E-state index contributed by atoms with van der Waals surface area (Å²) in [6, 6.07) is 0. The van der Waals surface area contributed by atoms with E-state index in [1.165, 1.54) is 4.57 Å². The van der Waals surface area contributed by atoms with Crippen molar-refractivity contribution in [3.63, 3.8) is 0 Å². The summed E-state index contributed by atoms with van der Waals surface area (Å²) < 4.78 is 1.54. The van der Waals surface area contributed by atoms with Crippen LogP contribution in [0.4, 0.5) is 0 Å². The standard InChI is InChI=1S/C11H11N3O3S/c15-10(16)2-1-5-14-9(7-18-11(14)17)8-6-12-3-4-13-8/h3-4,6-7H,1-2,5H2,(H,15,16). The number of nitrogens with zero attached hydrogens (tertiary/aromatic N) is 3. The molecule has 0 amide bonds. The van der Waals surface area contributed by atoms with E-state index in [1.807, 2.05) is 0 Å². The Kier molecular flexibility index (Phi) is 3.83. The van der Waals surface area contributed by atoms with Crippen LogP contribution in [-0.2, 0) is 11.3 Å². The summed E-state index contributed by atoms with van der Waals surface area (Å²) >= 11 is 1.08. The van der Waals surface area contributed by atoms with Gasteiger partial charge in [-0.2, -0.15) is 0 Å². The molecule has 2 heterocycles. The highest BCUT2D eigenvalue weighted by molar-refractivity contribution is 7.07. The summed E-state index contributed by atoms with van der Waals surface area (Å²) in [5.41, 5.74) is 1.30. The van der Waals surface area contributed by atoms with Gasteiger partial charge in [0.05, 0.1) is 11.9 Å². The van der Waals surface area contributed by atoms with Gasteiger partial charge >= 0.3 is 10.8 Å². The van der Waals surface area contributed by atoms with Gasteiger partial charge in [0.2, 0.25) is 0 Å². The molecular weight excluding hydrogens is 254 g/mol. The minimum Gasteiger partial charge on any atom is -0.481 e. The van der Waals surface area contributed by atoms with Crippen molar-refractivity contribution in [3.05, 3.63) is 33.6 Å². The third kappa shape index (κ3) is 2.80. The minimum atomic E-state index is -0.862. The van der Waals surface area contributed by atoms with Crippen LogP contribution < -0.4 is 4.87 Å². The Hall–Kier alpha value is -2.02. The van der Waals surface area contributed by atoms with Gasteiger partial charge in [-0.1, -0.05) is 11.3 Å². The quantitative estimate of drug-likeness (QED) is 0.878. The summed E-state index contributed by atoms with van der Waals surface area (Å²) in [5.74, 6) is -0.862. The van der Waals surface area contributed by atoms with E-state index in [9.17, 15) is 9.59 Å². The van der Waals surface area contributed by atoms with Gasteiger partial charge in [0, 0.05) is 30.7 Å². The van der Waals surface area contributed by atoms with Crippen LogP contribution in [0.1, 0.15) is 12.8 Å². The molecule has 0 aliphatic carbocycles. The number of hydrogen-bond acceptors (Lipinski definition) is 5. The Balaban J connectivity index is 2.22. The predicted molar refractivity (Wildman–Crippen MR) is 66.5 cm³/mol. The molecular formula is C11H11N3O3S. The van der Waals surface area contributed by atoms with Crippen LogP contribution in [0.5, 0.6) is 0 Å². The lowest BCUT2D eigenvalue weighted by atomic mass is 10.3. The number of thiazole rings is 1. The SMILES string of the molecule is O=C(O)CCCn1c(-c2cnccn2)csc1=O. The van der Waals surface area contributed by atoms with Crippen LogP contribution in [-0.4, -0.2) is 25.6 Å². The Labute approximate surface area is 107 Å². The summed E-state index contributed by atoms with van der Waals surface area (Å²) in [5, 5.41) is 10.3. The largest absolute Gasteiger partial charge is 0.481 e. The molecule has 0 saturated carbocycles. The minimum absolute atomic E-state index is 0.0438. The van der Waals surface area contributed by atoms with Crippen molar-refractivity contribution in [2.45, 2.75) is 19.4 Å². The lowest BCUT2D eigenvalue weighted by Crippen LogP contribution is -2.15. The predicted octanol–water partition coefficient (Wildman–Crippen LogP) is 1.23. The maximum absolute atomic E-state index is 11.7. The van der Waals surface area contributed by atoms with E-state index in [2.05, 4.69) is 9.97 Å². The highest BCUT2D eigenvalue weighted by Crippen LogP contribution is 2.16. The summed E-state index contributed by atoms with van der Waals surface area (Å²) in [4.78, 5) is 30.1. The van der Waals surface area contributed by atoms with Crippen LogP contribution in [0.15, 0.2) is 28.8 Å². The van der Waals surface area contributed by atoms with Crippen LogP contribution in [0, 0.1) is 0 Å². The van der Waals surface area contributed by atoms with E-state index in [4.69, 9.17) is 5.11 Å². The molecule has 2 aromatic heterocycles. The van der Waals surface area contributed by atoms with E-state index in [0.717, 1.165) is 11.3 Å². The fourth-order valence-electron chi connectivity index (χ4n) is 1.56. The van der Waals surface area contributed by atoms with Gasteiger partial charge in [0.25, 0.3) is 0 Å². The molecule has 0 bridgehead atoms. The molecule has 1 N–H and O–H groups in total. The van der Waals surface area contributed by atoms with Gasteiger partial charge in [-0.3, -0.25) is 24.1 Å². The highest BCUT2D eigenvalue weighted by atomic mass is 32.1. The first-order chi connectivity index (χ1) is 8.68. The molecule has 0 fully saturated rings. The van der Waals surface area contributed by atoms with Gasteiger partial charge < -0.3 is 5.11 Å². The molecule has 0 aliphatic rings. The summed E-state index contributed by atoms with van der Waals surface area (Å²) in [6.07, 6.45) is 5.15. The van der Waals surface area contributed by atoms with E-state index in [0.29, 0.717) is 24.4 Å². The second kappa shape index (κ2) is 5.54. The zero-order valence-electron chi connectivity index (χ0n) is 9.44. The van der Waals surface area contributed by atoms with Crippen LogP contribution >= 0.6 is 11.3 Å². The molecule has 0 atom stereocenters. The van der Waals surface area contributed by atoms with Crippen molar-refractivity contribution < 1.29 is 9.90 Å². The normalized spacial score (nSPS) is 10.4. The lowest BCUT2D eigenvalue weighted by Gasteiger charge is -2.05. The average Bonchev–Trinajstić information content (AvgIpc) is 2.72. The van der Waals surface area contributed by atoms with E-state index < -0.39 is 5.97 Å². The van der Waals surface area contributed by atoms with Crippen molar-refractivity contribution >= 4 is 17.3 Å². The first kappa shape index (κ1) is 12.4. The first-order valence-corrected chi connectivity index (χ1v) is 6.23.